The van der Waals surface area contributed by atoms with E-state index in [0.717, 1.165) is 10.9 Å². The van der Waals surface area contributed by atoms with Gasteiger partial charge in [0.15, 0.2) is 0 Å². The van der Waals surface area contributed by atoms with Crippen LogP contribution in [0.15, 0.2) is 53.8 Å². The van der Waals surface area contributed by atoms with Gasteiger partial charge in [-0.1, -0.05) is 12.1 Å². The number of benzene rings is 1. The molecule has 3 rings (SSSR count). The van der Waals surface area contributed by atoms with Crippen molar-refractivity contribution in [3.05, 3.63) is 60.0 Å². The Bertz CT molecular complexity index is 1020. The number of nitrogens with one attached hydrogen (secondary N) is 1. The van der Waals surface area contributed by atoms with Crippen LogP contribution in [0.5, 0.6) is 0 Å². The van der Waals surface area contributed by atoms with Gasteiger partial charge in [0, 0.05) is 36.1 Å². The SMILES string of the molecule is CC(C)(C)NCc1cn(S(=O)(=O)c2cccnc2)c2cc(CO)ccc12. The van der Waals surface area contributed by atoms with Crippen molar-refractivity contribution in [2.45, 2.75) is 44.4 Å². The summed E-state index contributed by atoms with van der Waals surface area (Å²) in [5.74, 6) is 0. The molecule has 138 valence electrons. The first kappa shape index (κ1) is 18.6. The molecule has 0 radical (unpaired) electrons. The van der Waals surface area contributed by atoms with Crippen molar-refractivity contribution in [3.63, 3.8) is 0 Å². The molecule has 0 saturated carbocycles. The Kier molecular flexibility index (Phi) is 4.88. The minimum atomic E-state index is -3.78. The van der Waals surface area contributed by atoms with Crippen molar-refractivity contribution in [2.24, 2.45) is 0 Å². The quantitative estimate of drug-likeness (QED) is 0.718. The first-order chi connectivity index (χ1) is 12.2. The van der Waals surface area contributed by atoms with Crippen LogP contribution in [0.2, 0.25) is 0 Å². The largest absolute Gasteiger partial charge is 0.392 e. The van der Waals surface area contributed by atoms with Gasteiger partial charge in [-0.05, 0) is 50.1 Å². The van der Waals surface area contributed by atoms with Crippen LogP contribution in [0.4, 0.5) is 0 Å². The molecule has 3 aromatic rings. The van der Waals surface area contributed by atoms with Crippen LogP contribution in [-0.2, 0) is 23.2 Å². The average Bonchev–Trinajstić information content (AvgIpc) is 2.98. The lowest BCUT2D eigenvalue weighted by Crippen LogP contribution is -2.35. The fraction of sp³-hybridized carbons (Fsp3) is 0.316. The van der Waals surface area contributed by atoms with Crippen LogP contribution in [-0.4, -0.2) is 28.0 Å². The molecule has 0 aliphatic rings. The van der Waals surface area contributed by atoms with Crippen molar-refractivity contribution in [3.8, 4) is 0 Å². The third-order valence-corrected chi connectivity index (χ3v) is 5.76. The highest BCUT2D eigenvalue weighted by atomic mass is 32.2. The van der Waals surface area contributed by atoms with Gasteiger partial charge < -0.3 is 10.4 Å². The molecule has 6 nitrogen and oxygen atoms in total. The van der Waals surface area contributed by atoms with E-state index in [4.69, 9.17) is 0 Å². The summed E-state index contributed by atoms with van der Waals surface area (Å²) in [4.78, 5) is 4.05. The molecule has 7 heteroatoms. The van der Waals surface area contributed by atoms with Crippen LogP contribution >= 0.6 is 0 Å². The lowest BCUT2D eigenvalue weighted by Gasteiger charge is -2.20. The number of aliphatic hydroxyl groups excluding tert-OH is 1. The molecule has 0 aliphatic carbocycles. The molecule has 0 saturated heterocycles. The number of aromatic nitrogens is 2. The highest BCUT2D eigenvalue weighted by molar-refractivity contribution is 7.90. The van der Waals surface area contributed by atoms with Gasteiger partial charge in [0.1, 0.15) is 4.90 Å². The Morgan fingerprint density at radius 2 is 2.00 bits per heavy atom. The summed E-state index contributed by atoms with van der Waals surface area (Å²) in [6.07, 6.45) is 4.52. The molecule has 0 unspecified atom stereocenters. The van der Waals surface area contributed by atoms with Crippen LogP contribution in [0.3, 0.4) is 0 Å². The second-order valence-electron chi connectivity index (χ2n) is 7.26. The lowest BCUT2D eigenvalue weighted by molar-refractivity contribution is 0.282. The maximum atomic E-state index is 13.1. The monoisotopic (exact) mass is 373 g/mol. The Morgan fingerprint density at radius 3 is 2.62 bits per heavy atom. The molecule has 2 heterocycles. The van der Waals surface area contributed by atoms with E-state index in [2.05, 4.69) is 31.1 Å². The fourth-order valence-electron chi connectivity index (χ4n) is 2.72. The van der Waals surface area contributed by atoms with Gasteiger partial charge in [-0.15, -0.1) is 0 Å². The van der Waals surface area contributed by atoms with E-state index in [9.17, 15) is 13.5 Å². The van der Waals surface area contributed by atoms with E-state index in [1.54, 1.807) is 18.3 Å². The second kappa shape index (κ2) is 6.83. The van der Waals surface area contributed by atoms with Crippen molar-refractivity contribution in [1.82, 2.24) is 14.3 Å². The van der Waals surface area contributed by atoms with Crippen molar-refractivity contribution in [2.75, 3.05) is 0 Å². The summed E-state index contributed by atoms with van der Waals surface area (Å²) in [5, 5.41) is 13.7. The molecule has 0 fully saturated rings. The smallest absolute Gasteiger partial charge is 0.269 e. The number of hydrogen-bond acceptors (Lipinski definition) is 5. The average molecular weight is 373 g/mol. The Hall–Kier alpha value is -2.22. The lowest BCUT2D eigenvalue weighted by atomic mass is 10.1. The van der Waals surface area contributed by atoms with E-state index in [0.29, 0.717) is 17.6 Å². The molecule has 0 bridgehead atoms. The van der Waals surface area contributed by atoms with Gasteiger partial charge in [0.05, 0.1) is 12.1 Å². The Morgan fingerprint density at radius 1 is 1.23 bits per heavy atom. The van der Waals surface area contributed by atoms with E-state index >= 15 is 0 Å². The number of fused-ring (bicyclic) bond motifs is 1. The molecular formula is C19H23N3O3S. The van der Waals surface area contributed by atoms with Crippen molar-refractivity contribution < 1.29 is 13.5 Å². The summed E-state index contributed by atoms with van der Waals surface area (Å²) in [6, 6.07) is 8.50. The van der Waals surface area contributed by atoms with Gasteiger partial charge in [0.25, 0.3) is 10.0 Å². The topological polar surface area (TPSA) is 84.2 Å². The zero-order valence-electron chi connectivity index (χ0n) is 15.1. The zero-order valence-corrected chi connectivity index (χ0v) is 15.9. The summed E-state index contributed by atoms with van der Waals surface area (Å²) >= 11 is 0. The first-order valence-corrected chi connectivity index (χ1v) is 9.81. The highest BCUT2D eigenvalue weighted by Gasteiger charge is 2.22. The fourth-order valence-corrected chi connectivity index (χ4v) is 4.07. The molecule has 0 aliphatic heterocycles. The Balaban J connectivity index is 2.18. The highest BCUT2D eigenvalue weighted by Crippen LogP contribution is 2.27. The molecule has 0 atom stereocenters. The van der Waals surface area contributed by atoms with E-state index in [1.807, 2.05) is 12.1 Å². The normalized spacial score (nSPS) is 12.6. The summed E-state index contributed by atoms with van der Waals surface area (Å²) in [7, 11) is -3.78. The van der Waals surface area contributed by atoms with Gasteiger partial charge in [0.2, 0.25) is 0 Å². The first-order valence-electron chi connectivity index (χ1n) is 8.37. The number of pyridine rings is 1. The maximum absolute atomic E-state index is 13.1. The Labute approximate surface area is 153 Å². The third kappa shape index (κ3) is 3.65. The molecule has 2 aromatic heterocycles. The van der Waals surface area contributed by atoms with E-state index < -0.39 is 10.0 Å². The third-order valence-electron chi connectivity index (χ3n) is 4.10. The van der Waals surface area contributed by atoms with Crippen molar-refractivity contribution in [1.29, 1.82) is 0 Å². The summed E-state index contributed by atoms with van der Waals surface area (Å²) in [6.45, 7) is 6.56. The molecule has 0 spiro atoms. The van der Waals surface area contributed by atoms with Crippen LogP contribution in [0, 0.1) is 0 Å². The number of rotatable bonds is 5. The predicted molar refractivity (Wildman–Crippen MR) is 101 cm³/mol. The minimum Gasteiger partial charge on any atom is -0.392 e. The van der Waals surface area contributed by atoms with E-state index in [1.165, 1.54) is 22.4 Å². The standard InChI is InChI=1S/C19H23N3O3S/c1-19(2,3)21-10-15-12-22(18-9-14(13-23)6-7-17(15)18)26(24,25)16-5-4-8-20-11-16/h4-9,11-12,21,23H,10,13H2,1-3H3. The van der Waals surface area contributed by atoms with E-state index in [-0.39, 0.29) is 17.0 Å². The van der Waals surface area contributed by atoms with Crippen LogP contribution < -0.4 is 5.32 Å². The minimum absolute atomic E-state index is 0.0955. The van der Waals surface area contributed by atoms with Gasteiger partial charge in [-0.2, -0.15) is 0 Å². The molecule has 0 amide bonds. The molecule has 1 aromatic carbocycles. The number of aliphatic hydroxyl groups is 1. The van der Waals surface area contributed by atoms with Crippen LogP contribution in [0.25, 0.3) is 10.9 Å². The van der Waals surface area contributed by atoms with Crippen LogP contribution in [0.1, 0.15) is 31.9 Å². The van der Waals surface area contributed by atoms with Gasteiger partial charge >= 0.3 is 0 Å². The molecule has 2 N–H and O–H groups in total. The van der Waals surface area contributed by atoms with Gasteiger partial charge in [-0.3, -0.25) is 4.98 Å². The maximum Gasteiger partial charge on any atom is 0.269 e. The van der Waals surface area contributed by atoms with Gasteiger partial charge in [-0.25, -0.2) is 12.4 Å². The predicted octanol–water partition coefficient (Wildman–Crippen LogP) is 2.65. The molecule has 26 heavy (non-hydrogen) atoms. The van der Waals surface area contributed by atoms with Crippen molar-refractivity contribution >= 4 is 20.9 Å². The number of hydrogen-bond donors (Lipinski definition) is 2. The summed E-state index contributed by atoms with van der Waals surface area (Å²) < 4.78 is 27.5. The zero-order chi connectivity index (χ0) is 18.9. The number of nitrogens with zero attached hydrogens (tertiary/aromatic N) is 2. The second-order valence-corrected chi connectivity index (χ2v) is 9.07. The summed E-state index contributed by atoms with van der Waals surface area (Å²) in [5.41, 5.74) is 1.99. The molecular weight excluding hydrogens is 350 g/mol.